The lowest BCUT2D eigenvalue weighted by atomic mass is 9.90. The summed E-state index contributed by atoms with van der Waals surface area (Å²) >= 11 is 0. The molecule has 6 heteroatoms. The van der Waals surface area contributed by atoms with Crippen molar-refractivity contribution in [2.45, 2.75) is 58.2 Å². The number of allylic oxidation sites excluding steroid dienone is 2. The van der Waals surface area contributed by atoms with Crippen molar-refractivity contribution in [1.82, 2.24) is 0 Å². The van der Waals surface area contributed by atoms with E-state index in [1.807, 2.05) is 6.08 Å². The van der Waals surface area contributed by atoms with E-state index >= 15 is 0 Å². The molecular formula is C11H23BO5. The summed E-state index contributed by atoms with van der Waals surface area (Å²) in [6.45, 7) is 6.31. The fraction of sp³-hybridized carbons (Fsp3) is 0.818. The molecule has 0 unspecified atom stereocenters. The molecule has 0 aliphatic heterocycles. The Balaban J connectivity index is 0.000000304. The van der Waals surface area contributed by atoms with E-state index in [1.165, 1.54) is 0 Å². The lowest BCUT2D eigenvalue weighted by Gasteiger charge is -2.31. The van der Waals surface area contributed by atoms with Gasteiger partial charge < -0.3 is 24.9 Å². The first-order valence-electron chi connectivity index (χ1n) is 5.70. The van der Waals surface area contributed by atoms with Crippen LogP contribution in [0.1, 0.15) is 47.0 Å². The van der Waals surface area contributed by atoms with Crippen LogP contribution in [0.2, 0.25) is 0 Å². The zero-order valence-corrected chi connectivity index (χ0v) is 11.0. The molecule has 0 saturated heterocycles. The molecule has 4 N–H and O–H groups in total. The van der Waals surface area contributed by atoms with Crippen molar-refractivity contribution in [2.24, 2.45) is 0 Å². The van der Waals surface area contributed by atoms with E-state index in [4.69, 9.17) is 20.3 Å². The predicted octanol–water partition coefficient (Wildman–Crippen LogP) is 0.569. The van der Waals surface area contributed by atoms with E-state index in [0.29, 0.717) is 5.76 Å². The van der Waals surface area contributed by atoms with Crippen molar-refractivity contribution in [1.29, 1.82) is 0 Å². The van der Waals surface area contributed by atoms with Gasteiger partial charge in [-0.25, -0.2) is 0 Å². The van der Waals surface area contributed by atoms with Crippen molar-refractivity contribution in [3.8, 4) is 0 Å². The van der Waals surface area contributed by atoms with Crippen LogP contribution >= 0.6 is 0 Å². The highest BCUT2D eigenvalue weighted by Gasteiger charge is 2.31. The molecule has 0 saturated carbocycles. The molecular weight excluding hydrogens is 223 g/mol. The van der Waals surface area contributed by atoms with Crippen molar-refractivity contribution in [2.75, 3.05) is 0 Å². The summed E-state index contributed by atoms with van der Waals surface area (Å²) in [6.07, 6.45) is 4.75. The predicted molar refractivity (Wildman–Crippen MR) is 65.8 cm³/mol. The van der Waals surface area contributed by atoms with Crippen LogP contribution in [0.15, 0.2) is 11.8 Å². The summed E-state index contributed by atoms with van der Waals surface area (Å²) in [5, 5.41) is 34.8. The smallest absolute Gasteiger partial charge is 0.516 e. The fourth-order valence-corrected chi connectivity index (χ4v) is 0.884. The number of rotatable bonds is 3. The van der Waals surface area contributed by atoms with E-state index < -0.39 is 18.5 Å². The topological polar surface area (TPSA) is 90.2 Å². The third-order valence-electron chi connectivity index (χ3n) is 2.75. The Morgan fingerprint density at radius 1 is 1.12 bits per heavy atom. The molecule has 0 heterocycles. The van der Waals surface area contributed by atoms with E-state index in [2.05, 4.69) is 4.65 Å². The molecule has 5 nitrogen and oxygen atoms in total. The van der Waals surface area contributed by atoms with Gasteiger partial charge in [-0.3, -0.25) is 0 Å². The van der Waals surface area contributed by atoms with Gasteiger partial charge in [0.15, 0.2) is 0 Å². The van der Waals surface area contributed by atoms with Gasteiger partial charge in [-0.1, -0.05) is 0 Å². The van der Waals surface area contributed by atoms with Crippen LogP contribution in [0.5, 0.6) is 0 Å². The normalized spacial score (nSPS) is 15.9. The highest BCUT2D eigenvalue weighted by Crippen LogP contribution is 2.19. The quantitative estimate of drug-likeness (QED) is 0.546. The Morgan fingerprint density at radius 3 is 1.82 bits per heavy atom. The number of aliphatic hydroxyl groups is 2. The molecule has 1 aliphatic rings. The largest absolute Gasteiger partial charge is 0.707 e. The fourth-order valence-electron chi connectivity index (χ4n) is 0.884. The van der Waals surface area contributed by atoms with E-state index in [1.54, 1.807) is 27.7 Å². The molecule has 1 aliphatic carbocycles. The van der Waals surface area contributed by atoms with Crippen LogP contribution < -0.4 is 0 Å². The average molecular weight is 246 g/mol. The first-order chi connectivity index (χ1) is 7.54. The monoisotopic (exact) mass is 246 g/mol. The number of hydrogen-bond donors (Lipinski definition) is 4. The Kier molecular flexibility index (Phi) is 6.19. The van der Waals surface area contributed by atoms with Crippen LogP contribution in [0.3, 0.4) is 0 Å². The minimum atomic E-state index is -1.64. The van der Waals surface area contributed by atoms with Gasteiger partial charge >= 0.3 is 7.32 Å². The van der Waals surface area contributed by atoms with E-state index in [9.17, 15) is 0 Å². The first-order valence-corrected chi connectivity index (χ1v) is 5.70. The summed E-state index contributed by atoms with van der Waals surface area (Å²) in [5.74, 6) is 0.699. The van der Waals surface area contributed by atoms with Crippen LogP contribution in [-0.2, 0) is 4.65 Å². The first kappa shape index (κ1) is 16.4. The lowest BCUT2D eigenvalue weighted by Crippen LogP contribution is -2.44. The van der Waals surface area contributed by atoms with Crippen LogP contribution in [0.4, 0.5) is 0 Å². The zero-order valence-electron chi connectivity index (χ0n) is 11.0. The van der Waals surface area contributed by atoms with Crippen molar-refractivity contribution in [3.05, 3.63) is 11.8 Å². The SMILES string of the molecule is CC(C)(O)C(C)(C)O.OB(O)OC1=CCCC1. The average Bonchev–Trinajstić information content (AvgIpc) is 2.52. The molecule has 100 valence electrons. The number of hydrogen-bond acceptors (Lipinski definition) is 5. The zero-order chi connectivity index (χ0) is 13.7. The second-order valence-electron chi connectivity index (χ2n) is 5.12. The van der Waals surface area contributed by atoms with E-state index in [-0.39, 0.29) is 0 Å². The van der Waals surface area contributed by atoms with Crippen molar-refractivity contribution in [3.63, 3.8) is 0 Å². The van der Waals surface area contributed by atoms with Gasteiger partial charge in [-0.05, 0) is 46.6 Å². The van der Waals surface area contributed by atoms with Gasteiger partial charge in [0.1, 0.15) is 0 Å². The van der Waals surface area contributed by atoms with Gasteiger partial charge in [-0.2, -0.15) is 0 Å². The van der Waals surface area contributed by atoms with Gasteiger partial charge in [0.25, 0.3) is 0 Å². The Labute approximate surface area is 103 Å². The molecule has 1 rings (SSSR count). The summed E-state index contributed by atoms with van der Waals surface area (Å²) in [7, 11) is -1.64. The molecule has 0 radical (unpaired) electrons. The van der Waals surface area contributed by atoms with E-state index in [0.717, 1.165) is 19.3 Å². The van der Waals surface area contributed by atoms with Gasteiger partial charge in [0, 0.05) is 6.42 Å². The van der Waals surface area contributed by atoms with Crippen LogP contribution in [-0.4, -0.2) is 38.8 Å². The molecule has 0 spiro atoms. The second kappa shape index (κ2) is 6.40. The standard InChI is InChI=1S/C6H14O2.C5H9BO3/c1-5(2,7)6(3,4)8;7-6(8)9-5-3-1-2-4-5/h7-8H,1-4H3;3,7-8H,1-2,4H2. The molecule has 0 fully saturated rings. The third-order valence-corrected chi connectivity index (χ3v) is 2.75. The Bertz CT molecular complexity index is 238. The minimum absolute atomic E-state index is 0.699. The maximum atomic E-state index is 9.10. The Hall–Kier alpha value is -0.555. The lowest BCUT2D eigenvalue weighted by molar-refractivity contribution is -0.107. The minimum Gasteiger partial charge on any atom is -0.516 e. The molecule has 0 aromatic heterocycles. The molecule has 0 bridgehead atoms. The maximum absolute atomic E-state index is 9.10. The highest BCUT2D eigenvalue weighted by molar-refractivity contribution is 6.33. The highest BCUT2D eigenvalue weighted by atomic mass is 16.6. The Morgan fingerprint density at radius 2 is 1.59 bits per heavy atom. The van der Waals surface area contributed by atoms with Crippen LogP contribution in [0.25, 0.3) is 0 Å². The molecule has 0 aromatic carbocycles. The third kappa shape index (κ3) is 7.38. The van der Waals surface area contributed by atoms with Gasteiger partial charge in [0.05, 0.1) is 17.0 Å². The summed E-state index contributed by atoms with van der Waals surface area (Å²) in [4.78, 5) is 0. The van der Waals surface area contributed by atoms with Gasteiger partial charge in [0.2, 0.25) is 0 Å². The van der Waals surface area contributed by atoms with Crippen LogP contribution in [0, 0.1) is 0 Å². The van der Waals surface area contributed by atoms with Crippen molar-refractivity contribution < 1.29 is 24.9 Å². The molecule has 0 atom stereocenters. The summed E-state index contributed by atoms with van der Waals surface area (Å²) in [6, 6.07) is 0. The molecule has 0 aromatic rings. The summed E-state index contributed by atoms with van der Waals surface area (Å²) in [5.41, 5.74) is -2.01. The second-order valence-corrected chi connectivity index (χ2v) is 5.12. The summed E-state index contributed by atoms with van der Waals surface area (Å²) < 4.78 is 4.58. The van der Waals surface area contributed by atoms with Crippen molar-refractivity contribution >= 4 is 7.32 Å². The molecule has 17 heavy (non-hydrogen) atoms. The maximum Gasteiger partial charge on any atom is 0.707 e. The molecule has 0 amide bonds. The van der Waals surface area contributed by atoms with Gasteiger partial charge in [-0.15, -0.1) is 0 Å².